The highest BCUT2D eigenvalue weighted by Crippen LogP contribution is 2.28. The van der Waals surface area contributed by atoms with Gasteiger partial charge in [-0.05, 0) is 17.5 Å². The first-order valence-electron chi connectivity index (χ1n) is 5.05. The minimum atomic E-state index is -0.565. The molecule has 3 nitrogen and oxygen atoms in total. The van der Waals surface area contributed by atoms with E-state index in [2.05, 4.69) is 17.9 Å². The highest BCUT2D eigenvalue weighted by molar-refractivity contribution is 6.20. The number of hydrogen-bond donors (Lipinski definition) is 0. The van der Waals surface area contributed by atoms with E-state index >= 15 is 0 Å². The van der Waals surface area contributed by atoms with Crippen molar-refractivity contribution in [3.63, 3.8) is 0 Å². The van der Waals surface area contributed by atoms with E-state index in [1.165, 1.54) is 0 Å². The first kappa shape index (κ1) is 11.1. The summed E-state index contributed by atoms with van der Waals surface area (Å²) < 4.78 is 4.63. The maximum absolute atomic E-state index is 11.4. The van der Waals surface area contributed by atoms with E-state index in [0.717, 1.165) is 5.39 Å². The molecule has 1 heterocycles. The summed E-state index contributed by atoms with van der Waals surface area (Å²) in [6.45, 7) is 6.00. The van der Waals surface area contributed by atoms with E-state index in [9.17, 15) is 9.59 Å². The molecule has 1 aliphatic rings. The van der Waals surface area contributed by atoms with Crippen molar-refractivity contribution in [3.8, 4) is 0 Å². The molecular formula is C14H10O3. The van der Waals surface area contributed by atoms with Crippen LogP contribution in [0, 0.1) is 0 Å². The second-order valence-electron chi connectivity index (χ2n) is 3.39. The minimum absolute atomic E-state index is 0.461. The number of cyclic esters (lactones) is 2. The van der Waals surface area contributed by atoms with Crippen LogP contribution in [0.4, 0.5) is 0 Å². The Balaban J connectivity index is 0.000000514. The zero-order valence-electron chi connectivity index (χ0n) is 9.10. The Hall–Kier alpha value is -2.42. The Morgan fingerprint density at radius 1 is 0.824 bits per heavy atom. The second kappa shape index (κ2) is 4.22. The lowest BCUT2D eigenvalue weighted by molar-refractivity contribution is 0.0391. The number of carbonyl (C=O) groups excluding carboxylic acids is 2. The Morgan fingerprint density at radius 2 is 1.29 bits per heavy atom. The van der Waals surface area contributed by atoms with E-state index in [1.54, 1.807) is 24.3 Å². The van der Waals surface area contributed by atoms with Gasteiger partial charge in [-0.2, -0.15) is 0 Å². The summed E-state index contributed by atoms with van der Waals surface area (Å²) in [4.78, 5) is 22.9. The molecule has 0 N–H and O–H groups in total. The Labute approximate surface area is 98.3 Å². The fourth-order valence-electron chi connectivity index (χ4n) is 1.88. The molecule has 0 spiro atoms. The lowest BCUT2D eigenvalue weighted by atomic mass is 9.97. The minimum Gasteiger partial charge on any atom is -0.386 e. The molecule has 0 fully saturated rings. The number of esters is 2. The van der Waals surface area contributed by atoms with Gasteiger partial charge in [0.25, 0.3) is 0 Å². The van der Waals surface area contributed by atoms with Crippen molar-refractivity contribution in [1.29, 1.82) is 0 Å². The fourth-order valence-corrected chi connectivity index (χ4v) is 1.88. The molecule has 84 valence electrons. The molecule has 0 atom stereocenters. The predicted octanol–water partition coefficient (Wildman–Crippen LogP) is 2.95. The molecule has 0 unspecified atom stereocenters. The Kier molecular flexibility index (Phi) is 2.75. The van der Waals surface area contributed by atoms with Crippen LogP contribution >= 0.6 is 0 Å². The Morgan fingerprint density at radius 3 is 1.76 bits per heavy atom. The topological polar surface area (TPSA) is 43.4 Å². The van der Waals surface area contributed by atoms with Crippen LogP contribution in [0.2, 0.25) is 0 Å². The van der Waals surface area contributed by atoms with Crippen LogP contribution in [0.15, 0.2) is 49.6 Å². The molecule has 3 rings (SSSR count). The molecule has 0 aliphatic carbocycles. The van der Waals surface area contributed by atoms with E-state index < -0.39 is 11.9 Å². The lowest BCUT2D eigenvalue weighted by Gasteiger charge is -2.14. The molecule has 0 aromatic heterocycles. The Bertz CT molecular complexity index is 565. The molecular weight excluding hydrogens is 216 g/mol. The summed E-state index contributed by atoms with van der Waals surface area (Å²) in [5.41, 5.74) is 0.922. The van der Waals surface area contributed by atoms with Crippen molar-refractivity contribution < 1.29 is 14.3 Å². The number of rotatable bonds is 0. The lowest BCUT2D eigenvalue weighted by Crippen LogP contribution is -2.19. The largest absolute Gasteiger partial charge is 0.386 e. The number of carbonyl (C=O) groups is 2. The summed E-state index contributed by atoms with van der Waals surface area (Å²) >= 11 is 0. The third-order valence-electron chi connectivity index (χ3n) is 2.53. The van der Waals surface area contributed by atoms with E-state index in [0.29, 0.717) is 16.5 Å². The molecule has 2 aromatic carbocycles. The summed E-state index contributed by atoms with van der Waals surface area (Å²) in [6, 6.07) is 10.6. The molecule has 17 heavy (non-hydrogen) atoms. The van der Waals surface area contributed by atoms with Gasteiger partial charge in [0.05, 0.1) is 11.1 Å². The normalized spacial score (nSPS) is 12.7. The van der Waals surface area contributed by atoms with Crippen LogP contribution in [-0.2, 0) is 4.74 Å². The molecule has 2 aromatic rings. The SMILES string of the molecule is C=C.O=C1OC(=O)c2cccc3cccc1c23. The van der Waals surface area contributed by atoms with Crippen molar-refractivity contribution in [2.75, 3.05) is 0 Å². The third kappa shape index (κ3) is 1.61. The number of ether oxygens (including phenoxy) is 1. The average Bonchev–Trinajstić information content (AvgIpc) is 2.38. The first-order chi connectivity index (χ1) is 8.27. The van der Waals surface area contributed by atoms with Gasteiger partial charge in [0.2, 0.25) is 0 Å². The van der Waals surface area contributed by atoms with Crippen LogP contribution in [-0.4, -0.2) is 11.9 Å². The number of benzene rings is 2. The van der Waals surface area contributed by atoms with Crippen LogP contribution in [0.1, 0.15) is 20.7 Å². The summed E-state index contributed by atoms with van der Waals surface area (Å²) in [6.07, 6.45) is 0. The maximum Gasteiger partial charge on any atom is 0.346 e. The van der Waals surface area contributed by atoms with Crippen LogP contribution in [0.3, 0.4) is 0 Å². The first-order valence-corrected chi connectivity index (χ1v) is 5.05. The van der Waals surface area contributed by atoms with Crippen molar-refractivity contribution in [1.82, 2.24) is 0 Å². The molecule has 0 radical (unpaired) electrons. The monoisotopic (exact) mass is 226 g/mol. The second-order valence-corrected chi connectivity index (χ2v) is 3.39. The summed E-state index contributed by atoms with van der Waals surface area (Å²) in [5.74, 6) is -1.13. The standard InChI is InChI=1S/C12H6O3.C2H4/c13-11-8-5-1-3-7-4-2-6-9(10(7)8)12(14)15-11;1-2/h1-6H;1-2H2. The zero-order chi connectivity index (χ0) is 12.4. The molecule has 0 bridgehead atoms. The highest BCUT2D eigenvalue weighted by atomic mass is 16.6. The zero-order valence-corrected chi connectivity index (χ0v) is 9.10. The van der Waals surface area contributed by atoms with Crippen LogP contribution in [0.5, 0.6) is 0 Å². The van der Waals surface area contributed by atoms with Gasteiger partial charge in [-0.1, -0.05) is 24.3 Å². The van der Waals surface area contributed by atoms with Crippen molar-refractivity contribution >= 4 is 22.7 Å². The van der Waals surface area contributed by atoms with E-state index in [-0.39, 0.29) is 0 Å². The summed E-state index contributed by atoms with van der Waals surface area (Å²) in [7, 11) is 0. The maximum atomic E-state index is 11.4. The molecule has 1 aliphatic heterocycles. The number of hydrogen-bond acceptors (Lipinski definition) is 3. The molecule has 0 amide bonds. The van der Waals surface area contributed by atoms with Gasteiger partial charge in [-0.25, -0.2) is 9.59 Å². The molecule has 3 heteroatoms. The van der Waals surface area contributed by atoms with Gasteiger partial charge in [-0.3, -0.25) is 0 Å². The van der Waals surface area contributed by atoms with Crippen LogP contribution < -0.4 is 0 Å². The fraction of sp³-hybridized carbons (Fsp3) is 0. The van der Waals surface area contributed by atoms with Gasteiger partial charge in [0.1, 0.15) is 0 Å². The third-order valence-corrected chi connectivity index (χ3v) is 2.53. The smallest absolute Gasteiger partial charge is 0.346 e. The van der Waals surface area contributed by atoms with Crippen LogP contribution in [0.25, 0.3) is 10.8 Å². The van der Waals surface area contributed by atoms with Gasteiger partial charge < -0.3 is 4.74 Å². The summed E-state index contributed by atoms with van der Waals surface area (Å²) in [5, 5.41) is 1.58. The van der Waals surface area contributed by atoms with Crippen molar-refractivity contribution in [2.45, 2.75) is 0 Å². The molecule has 0 saturated heterocycles. The van der Waals surface area contributed by atoms with Gasteiger partial charge in [-0.15, -0.1) is 13.2 Å². The van der Waals surface area contributed by atoms with Gasteiger partial charge in [0, 0.05) is 5.39 Å². The van der Waals surface area contributed by atoms with Gasteiger partial charge in [0.15, 0.2) is 0 Å². The van der Waals surface area contributed by atoms with Crippen molar-refractivity contribution in [2.24, 2.45) is 0 Å². The predicted molar refractivity (Wildman–Crippen MR) is 64.9 cm³/mol. The van der Waals surface area contributed by atoms with Gasteiger partial charge >= 0.3 is 11.9 Å². The van der Waals surface area contributed by atoms with Crippen molar-refractivity contribution in [3.05, 3.63) is 60.7 Å². The quantitative estimate of drug-likeness (QED) is 0.394. The highest BCUT2D eigenvalue weighted by Gasteiger charge is 2.26. The van der Waals surface area contributed by atoms with E-state index in [4.69, 9.17) is 0 Å². The van der Waals surface area contributed by atoms with E-state index in [1.807, 2.05) is 12.1 Å². The molecule has 0 saturated carbocycles. The average molecular weight is 226 g/mol.